The Bertz CT molecular complexity index is 921. The molecule has 0 bridgehead atoms. The first kappa shape index (κ1) is 18.1. The van der Waals surface area contributed by atoms with Gasteiger partial charge in [0.25, 0.3) is 5.69 Å². The maximum absolute atomic E-state index is 13.0. The van der Waals surface area contributed by atoms with Gasteiger partial charge in [-0.1, -0.05) is 12.2 Å². The fourth-order valence-corrected chi connectivity index (χ4v) is 5.22. The minimum atomic E-state index is -3.90. The van der Waals surface area contributed by atoms with Crippen LogP contribution in [0.3, 0.4) is 0 Å². The van der Waals surface area contributed by atoms with Gasteiger partial charge in [-0.15, -0.1) is 0 Å². The Kier molecular flexibility index (Phi) is 4.70. The Balaban J connectivity index is 1.65. The molecule has 4 rings (SSSR count). The molecule has 0 spiro atoms. The summed E-state index contributed by atoms with van der Waals surface area (Å²) in [5, 5.41) is 15.5. The predicted molar refractivity (Wildman–Crippen MR) is 99.1 cm³/mol. The van der Waals surface area contributed by atoms with Gasteiger partial charge in [-0.25, -0.2) is 8.42 Å². The molecule has 1 heterocycles. The van der Waals surface area contributed by atoms with Crippen molar-refractivity contribution in [2.45, 2.75) is 17.7 Å². The van der Waals surface area contributed by atoms with Gasteiger partial charge in [-0.05, 0) is 24.8 Å². The Hall–Kier alpha value is -2.30. The summed E-state index contributed by atoms with van der Waals surface area (Å²) < 4.78 is 32.6. The molecule has 2 atom stereocenters. The van der Waals surface area contributed by atoms with Crippen molar-refractivity contribution in [3.63, 3.8) is 0 Å². The Labute approximate surface area is 156 Å². The first-order valence-electron chi connectivity index (χ1n) is 8.82. The van der Waals surface area contributed by atoms with Gasteiger partial charge in [0.1, 0.15) is 4.90 Å². The Morgan fingerprint density at radius 3 is 2.78 bits per heavy atom. The van der Waals surface area contributed by atoms with E-state index in [0.717, 1.165) is 24.6 Å². The number of hydrogen-bond acceptors (Lipinski definition) is 7. The number of nitrogens with one attached hydrogen (secondary N) is 1. The van der Waals surface area contributed by atoms with Crippen LogP contribution in [0.15, 0.2) is 40.3 Å². The average Bonchev–Trinajstić information content (AvgIpc) is 3.03. The van der Waals surface area contributed by atoms with E-state index < -0.39 is 14.9 Å². The van der Waals surface area contributed by atoms with Gasteiger partial charge in [-0.2, -0.15) is 9.41 Å². The van der Waals surface area contributed by atoms with E-state index in [2.05, 4.69) is 22.7 Å². The quantitative estimate of drug-likeness (QED) is 0.466. The van der Waals surface area contributed by atoms with Crippen LogP contribution >= 0.6 is 0 Å². The molecule has 144 valence electrons. The van der Waals surface area contributed by atoms with Crippen molar-refractivity contribution >= 4 is 27.1 Å². The maximum atomic E-state index is 13.0. The maximum Gasteiger partial charge on any atom is 0.270 e. The Morgan fingerprint density at radius 2 is 2.07 bits per heavy atom. The van der Waals surface area contributed by atoms with E-state index in [0.29, 0.717) is 25.0 Å². The first-order valence-corrected chi connectivity index (χ1v) is 10.3. The van der Waals surface area contributed by atoms with E-state index in [-0.39, 0.29) is 29.4 Å². The molecule has 27 heavy (non-hydrogen) atoms. The van der Waals surface area contributed by atoms with Crippen LogP contribution in [0.5, 0.6) is 0 Å². The van der Waals surface area contributed by atoms with Gasteiger partial charge in [0, 0.05) is 36.9 Å². The largest absolute Gasteiger partial charge is 0.379 e. The molecule has 10 heteroatoms. The fourth-order valence-electron chi connectivity index (χ4n) is 3.65. The zero-order chi connectivity index (χ0) is 19.0. The zero-order valence-corrected chi connectivity index (χ0v) is 15.4. The minimum absolute atomic E-state index is 0.138. The molecule has 1 aromatic carbocycles. The third-order valence-corrected chi connectivity index (χ3v) is 7.17. The van der Waals surface area contributed by atoms with E-state index in [1.54, 1.807) is 0 Å². The van der Waals surface area contributed by atoms with Crippen LogP contribution in [0.1, 0.15) is 12.8 Å². The number of fused-ring (bicyclic) bond motifs is 1. The van der Waals surface area contributed by atoms with Crippen molar-refractivity contribution in [1.29, 1.82) is 0 Å². The summed E-state index contributed by atoms with van der Waals surface area (Å²) in [5.41, 5.74) is 3.77. The molecule has 1 aliphatic heterocycles. The third kappa shape index (κ3) is 3.35. The van der Waals surface area contributed by atoms with E-state index in [9.17, 15) is 18.5 Å². The summed E-state index contributed by atoms with van der Waals surface area (Å²) in [6.45, 7) is 1.03. The molecule has 3 aliphatic rings. The predicted octanol–water partition coefficient (Wildman–Crippen LogP) is 1.98. The van der Waals surface area contributed by atoms with Gasteiger partial charge < -0.3 is 4.74 Å². The molecule has 1 aromatic rings. The van der Waals surface area contributed by atoms with E-state index in [1.807, 2.05) is 0 Å². The second kappa shape index (κ2) is 7.02. The average molecular weight is 392 g/mol. The van der Waals surface area contributed by atoms with Crippen molar-refractivity contribution in [1.82, 2.24) is 4.31 Å². The second-order valence-electron chi connectivity index (χ2n) is 6.82. The number of nitro benzene ring substituents is 1. The monoisotopic (exact) mass is 392 g/mol. The van der Waals surface area contributed by atoms with Crippen LogP contribution in [0.4, 0.5) is 11.4 Å². The molecule has 2 unspecified atom stereocenters. The highest BCUT2D eigenvalue weighted by Gasteiger charge is 2.38. The lowest BCUT2D eigenvalue weighted by Crippen LogP contribution is -2.40. The van der Waals surface area contributed by atoms with Crippen molar-refractivity contribution in [3.05, 3.63) is 40.5 Å². The van der Waals surface area contributed by atoms with Crippen LogP contribution in [0, 0.1) is 22.0 Å². The molecular weight excluding hydrogens is 372 g/mol. The van der Waals surface area contributed by atoms with Gasteiger partial charge in [0.05, 0.1) is 23.8 Å². The normalized spacial score (nSPS) is 26.6. The molecule has 2 aliphatic carbocycles. The van der Waals surface area contributed by atoms with Gasteiger partial charge >= 0.3 is 0 Å². The lowest BCUT2D eigenvalue weighted by molar-refractivity contribution is -0.385. The number of non-ortho nitro benzene ring substituents is 1. The SMILES string of the molecule is O=[N+]([O-])c1ccc(NN=C2CC3CC=CC23)c(S(=O)(=O)N2CCOCC2)c1. The highest BCUT2D eigenvalue weighted by molar-refractivity contribution is 7.89. The minimum Gasteiger partial charge on any atom is -0.379 e. The van der Waals surface area contributed by atoms with Crippen molar-refractivity contribution < 1.29 is 18.1 Å². The number of hydrazone groups is 1. The van der Waals surface area contributed by atoms with Crippen LogP contribution in [0.2, 0.25) is 0 Å². The highest BCUT2D eigenvalue weighted by Crippen LogP contribution is 2.40. The molecular formula is C17H20N4O5S. The molecule has 0 amide bonds. The summed E-state index contributed by atoms with van der Waals surface area (Å²) in [6.07, 6.45) is 6.19. The number of anilines is 1. The number of morpholine rings is 1. The van der Waals surface area contributed by atoms with Gasteiger partial charge in [0.2, 0.25) is 10.0 Å². The zero-order valence-electron chi connectivity index (χ0n) is 14.6. The van der Waals surface area contributed by atoms with Crippen molar-refractivity contribution in [3.8, 4) is 0 Å². The molecule has 1 saturated heterocycles. The summed E-state index contributed by atoms with van der Waals surface area (Å²) >= 11 is 0. The fraction of sp³-hybridized carbons (Fsp3) is 0.471. The summed E-state index contributed by atoms with van der Waals surface area (Å²) in [5.74, 6) is 0.911. The highest BCUT2D eigenvalue weighted by atomic mass is 32.2. The van der Waals surface area contributed by atoms with E-state index >= 15 is 0 Å². The lowest BCUT2D eigenvalue weighted by Gasteiger charge is -2.32. The van der Waals surface area contributed by atoms with Crippen LogP contribution in [0.25, 0.3) is 0 Å². The molecule has 0 radical (unpaired) electrons. The second-order valence-corrected chi connectivity index (χ2v) is 8.73. The molecule has 2 fully saturated rings. The summed E-state index contributed by atoms with van der Waals surface area (Å²) in [4.78, 5) is 10.4. The molecule has 1 saturated carbocycles. The standard InChI is InChI=1S/C17H20N4O5S/c22-21(23)13-4-5-15(18-19-16-10-12-2-1-3-14(12)16)17(11-13)27(24,25)20-6-8-26-9-7-20/h1,3-5,11-12,14,18H,2,6-10H2. The number of ether oxygens (including phenoxy) is 1. The van der Waals surface area contributed by atoms with Crippen molar-refractivity contribution in [2.75, 3.05) is 31.7 Å². The lowest BCUT2D eigenvalue weighted by atomic mass is 9.74. The number of nitro groups is 1. The van der Waals surface area contributed by atoms with E-state index in [4.69, 9.17) is 4.74 Å². The van der Waals surface area contributed by atoms with Crippen LogP contribution in [-0.4, -0.2) is 49.7 Å². The number of allylic oxidation sites excluding steroid dienone is 2. The topological polar surface area (TPSA) is 114 Å². The number of sulfonamides is 1. The smallest absolute Gasteiger partial charge is 0.270 e. The molecule has 9 nitrogen and oxygen atoms in total. The number of benzene rings is 1. The van der Waals surface area contributed by atoms with E-state index in [1.165, 1.54) is 16.4 Å². The van der Waals surface area contributed by atoms with Crippen LogP contribution in [-0.2, 0) is 14.8 Å². The summed E-state index contributed by atoms with van der Waals surface area (Å²) in [7, 11) is -3.90. The number of hydrogen-bond donors (Lipinski definition) is 1. The van der Waals surface area contributed by atoms with Gasteiger partial charge in [0.15, 0.2) is 0 Å². The first-order chi connectivity index (χ1) is 13.0. The van der Waals surface area contributed by atoms with Gasteiger partial charge in [-0.3, -0.25) is 15.5 Å². The Morgan fingerprint density at radius 1 is 1.30 bits per heavy atom. The summed E-state index contributed by atoms with van der Waals surface area (Å²) in [6, 6.07) is 3.77. The number of rotatable bonds is 5. The molecule has 0 aromatic heterocycles. The van der Waals surface area contributed by atoms with Crippen LogP contribution < -0.4 is 5.43 Å². The molecule has 1 N–H and O–H groups in total. The third-order valence-electron chi connectivity index (χ3n) is 5.23. The van der Waals surface area contributed by atoms with Crippen molar-refractivity contribution in [2.24, 2.45) is 16.9 Å². The number of nitrogens with zero attached hydrogens (tertiary/aromatic N) is 3.